The highest BCUT2D eigenvalue weighted by molar-refractivity contribution is 14.0. The van der Waals surface area contributed by atoms with Gasteiger partial charge in [0.25, 0.3) is 0 Å². The summed E-state index contributed by atoms with van der Waals surface area (Å²) in [6.07, 6.45) is 2.51. The van der Waals surface area contributed by atoms with E-state index in [0.29, 0.717) is 23.7 Å². The molecule has 172 valence electrons. The molecular weight excluding hydrogens is 515 g/mol. The van der Waals surface area contributed by atoms with Crippen molar-refractivity contribution in [2.24, 2.45) is 4.99 Å². The minimum absolute atomic E-state index is 0. The van der Waals surface area contributed by atoms with Crippen molar-refractivity contribution in [3.05, 3.63) is 29.3 Å². The lowest BCUT2D eigenvalue weighted by Gasteiger charge is -2.33. The van der Waals surface area contributed by atoms with Crippen molar-refractivity contribution in [1.29, 1.82) is 0 Å². The molecule has 1 heterocycles. The van der Waals surface area contributed by atoms with Gasteiger partial charge in [0.05, 0.1) is 19.3 Å². The summed E-state index contributed by atoms with van der Waals surface area (Å²) in [5.74, 6) is 1.67. The molecule has 0 saturated carbocycles. The van der Waals surface area contributed by atoms with Gasteiger partial charge in [-0.05, 0) is 64.8 Å². The van der Waals surface area contributed by atoms with Crippen LogP contribution in [0.5, 0.6) is 5.75 Å². The minimum atomic E-state index is -0.0190. The summed E-state index contributed by atoms with van der Waals surface area (Å²) in [7, 11) is 0. The van der Waals surface area contributed by atoms with Gasteiger partial charge in [0, 0.05) is 37.2 Å². The zero-order valence-electron chi connectivity index (χ0n) is 18.7. The van der Waals surface area contributed by atoms with Gasteiger partial charge in [-0.3, -0.25) is 0 Å². The first-order chi connectivity index (χ1) is 14.0. The van der Waals surface area contributed by atoms with Crippen molar-refractivity contribution in [2.75, 3.05) is 39.3 Å². The summed E-state index contributed by atoms with van der Waals surface area (Å²) in [6.45, 7) is 13.7. The lowest BCUT2D eigenvalue weighted by Crippen LogP contribution is -2.49. The predicted molar refractivity (Wildman–Crippen MR) is 137 cm³/mol. The van der Waals surface area contributed by atoms with E-state index in [1.807, 2.05) is 31.2 Å². The monoisotopic (exact) mass is 552 g/mol. The Balaban J connectivity index is 0.00000450. The first-order valence-corrected chi connectivity index (χ1v) is 11.1. The zero-order valence-corrected chi connectivity index (χ0v) is 21.8. The first-order valence-electron chi connectivity index (χ1n) is 10.8. The van der Waals surface area contributed by atoms with E-state index >= 15 is 0 Å². The molecule has 0 aliphatic carbocycles. The molecule has 0 spiro atoms. The number of halogens is 2. The number of nitrogens with zero attached hydrogens (tertiary/aromatic N) is 2. The fourth-order valence-electron chi connectivity index (χ4n) is 3.23. The molecule has 2 N–H and O–H groups in total. The van der Waals surface area contributed by atoms with Crippen molar-refractivity contribution in [3.8, 4) is 5.75 Å². The molecule has 8 heteroatoms. The SMILES string of the molecule is CCNC(=NCC(C)Oc1ccc(Cl)cc1)NC1CCN(CCOC(C)C)CC1.I. The third-order valence-corrected chi connectivity index (χ3v) is 5.04. The van der Waals surface area contributed by atoms with E-state index in [9.17, 15) is 0 Å². The van der Waals surface area contributed by atoms with E-state index in [-0.39, 0.29) is 30.1 Å². The highest BCUT2D eigenvalue weighted by Crippen LogP contribution is 2.17. The van der Waals surface area contributed by atoms with Crippen LogP contribution in [0.25, 0.3) is 0 Å². The van der Waals surface area contributed by atoms with E-state index in [2.05, 4.69) is 36.3 Å². The zero-order chi connectivity index (χ0) is 21.1. The van der Waals surface area contributed by atoms with Gasteiger partial charge in [-0.2, -0.15) is 0 Å². The molecular formula is C22H38ClIN4O2. The van der Waals surface area contributed by atoms with Crippen LogP contribution in [0.2, 0.25) is 5.02 Å². The maximum Gasteiger partial charge on any atom is 0.191 e. The second kappa shape index (κ2) is 15.1. The summed E-state index contributed by atoms with van der Waals surface area (Å²) in [6, 6.07) is 7.88. The molecule has 2 rings (SSSR count). The Labute approximate surface area is 204 Å². The highest BCUT2D eigenvalue weighted by Gasteiger charge is 2.20. The number of ether oxygens (including phenoxy) is 2. The summed E-state index contributed by atoms with van der Waals surface area (Å²) in [5, 5.41) is 7.64. The Morgan fingerprint density at radius 1 is 1.20 bits per heavy atom. The Hall–Kier alpha value is -0.770. The smallest absolute Gasteiger partial charge is 0.191 e. The van der Waals surface area contributed by atoms with E-state index < -0.39 is 0 Å². The molecule has 1 atom stereocenters. The van der Waals surface area contributed by atoms with Gasteiger partial charge in [0.15, 0.2) is 5.96 Å². The summed E-state index contributed by atoms with van der Waals surface area (Å²) >= 11 is 5.92. The fraction of sp³-hybridized carbons (Fsp3) is 0.682. The standard InChI is InChI=1S/C22H37ClN4O2.HI/c1-5-24-22(25-16-18(4)29-21-8-6-19(23)7-9-21)26-20-10-12-27(13-11-20)14-15-28-17(2)3;/h6-9,17-18,20H,5,10-16H2,1-4H3,(H2,24,25,26);1H. The Morgan fingerprint density at radius 3 is 2.47 bits per heavy atom. The van der Waals surface area contributed by atoms with Crippen LogP contribution in [0.3, 0.4) is 0 Å². The van der Waals surface area contributed by atoms with Gasteiger partial charge in [0.2, 0.25) is 0 Å². The van der Waals surface area contributed by atoms with Crippen molar-refractivity contribution in [3.63, 3.8) is 0 Å². The van der Waals surface area contributed by atoms with Crippen LogP contribution >= 0.6 is 35.6 Å². The second-order valence-corrected chi connectivity index (χ2v) is 8.22. The van der Waals surface area contributed by atoms with E-state index in [1.54, 1.807) is 0 Å². The van der Waals surface area contributed by atoms with Crippen molar-refractivity contribution in [2.45, 2.75) is 58.8 Å². The van der Waals surface area contributed by atoms with Gasteiger partial charge in [-0.1, -0.05) is 11.6 Å². The molecule has 1 aromatic rings. The van der Waals surface area contributed by atoms with Gasteiger partial charge >= 0.3 is 0 Å². The average molecular weight is 553 g/mol. The van der Waals surface area contributed by atoms with Crippen LogP contribution in [0, 0.1) is 0 Å². The quantitative estimate of drug-likeness (QED) is 0.259. The van der Waals surface area contributed by atoms with Gasteiger partial charge < -0.3 is 25.0 Å². The fourth-order valence-corrected chi connectivity index (χ4v) is 3.36. The highest BCUT2D eigenvalue weighted by atomic mass is 127. The molecule has 30 heavy (non-hydrogen) atoms. The van der Waals surface area contributed by atoms with Crippen LogP contribution in [-0.4, -0.2) is 68.4 Å². The average Bonchev–Trinajstić information content (AvgIpc) is 2.69. The molecule has 1 unspecified atom stereocenters. The normalized spacial score (nSPS) is 16.8. The number of hydrogen-bond donors (Lipinski definition) is 2. The largest absolute Gasteiger partial charge is 0.489 e. The number of piperidine rings is 1. The number of likely N-dealkylation sites (tertiary alicyclic amines) is 1. The number of guanidine groups is 1. The Kier molecular flexibility index (Phi) is 13.7. The minimum Gasteiger partial charge on any atom is -0.489 e. The van der Waals surface area contributed by atoms with Crippen molar-refractivity contribution in [1.82, 2.24) is 15.5 Å². The maximum atomic E-state index is 5.92. The Bertz CT molecular complexity index is 608. The molecule has 1 aromatic carbocycles. The predicted octanol–water partition coefficient (Wildman–Crippen LogP) is 4.17. The third-order valence-electron chi connectivity index (χ3n) is 4.79. The van der Waals surface area contributed by atoms with E-state index in [1.165, 1.54) is 0 Å². The molecule has 1 fully saturated rings. The van der Waals surface area contributed by atoms with Crippen LogP contribution in [0.4, 0.5) is 0 Å². The molecule has 1 aliphatic rings. The topological polar surface area (TPSA) is 58.1 Å². The second-order valence-electron chi connectivity index (χ2n) is 7.78. The van der Waals surface area contributed by atoms with Crippen LogP contribution < -0.4 is 15.4 Å². The van der Waals surface area contributed by atoms with E-state index in [0.717, 1.165) is 57.3 Å². The molecule has 0 bridgehead atoms. The van der Waals surface area contributed by atoms with Crippen LogP contribution in [-0.2, 0) is 4.74 Å². The molecule has 1 aliphatic heterocycles. The van der Waals surface area contributed by atoms with Crippen molar-refractivity contribution >= 4 is 41.5 Å². The number of nitrogens with one attached hydrogen (secondary N) is 2. The molecule has 0 radical (unpaired) electrons. The van der Waals surface area contributed by atoms with E-state index in [4.69, 9.17) is 26.1 Å². The van der Waals surface area contributed by atoms with Crippen LogP contribution in [0.15, 0.2) is 29.3 Å². The molecule has 6 nitrogen and oxygen atoms in total. The van der Waals surface area contributed by atoms with Gasteiger partial charge in [0.1, 0.15) is 11.9 Å². The lowest BCUT2D eigenvalue weighted by atomic mass is 10.1. The molecule has 0 amide bonds. The molecule has 1 saturated heterocycles. The number of aliphatic imine (C=N–C) groups is 1. The van der Waals surface area contributed by atoms with Gasteiger partial charge in [-0.25, -0.2) is 4.99 Å². The third kappa shape index (κ3) is 11.0. The maximum absolute atomic E-state index is 5.92. The number of rotatable bonds is 10. The van der Waals surface area contributed by atoms with Crippen molar-refractivity contribution < 1.29 is 9.47 Å². The number of benzene rings is 1. The molecule has 0 aromatic heterocycles. The summed E-state index contributed by atoms with van der Waals surface area (Å²) in [5.41, 5.74) is 0. The van der Waals surface area contributed by atoms with Gasteiger partial charge in [-0.15, -0.1) is 24.0 Å². The van der Waals surface area contributed by atoms with Crippen LogP contribution in [0.1, 0.15) is 40.5 Å². The summed E-state index contributed by atoms with van der Waals surface area (Å²) < 4.78 is 11.6. The Morgan fingerprint density at radius 2 is 1.87 bits per heavy atom. The first kappa shape index (κ1) is 27.3. The number of hydrogen-bond acceptors (Lipinski definition) is 4. The lowest BCUT2D eigenvalue weighted by molar-refractivity contribution is 0.0532. The summed E-state index contributed by atoms with van der Waals surface area (Å²) in [4.78, 5) is 7.20.